The Morgan fingerprint density at radius 1 is 1.21 bits per heavy atom. The molecule has 5 nitrogen and oxygen atoms in total. The molecule has 2 aromatic carbocycles. The van der Waals surface area contributed by atoms with Crippen LogP contribution in [0.3, 0.4) is 0 Å². The Hall–Kier alpha value is -1.67. The van der Waals surface area contributed by atoms with Crippen molar-refractivity contribution in [1.29, 1.82) is 0 Å². The van der Waals surface area contributed by atoms with Crippen LogP contribution in [0, 0.1) is 0 Å². The highest BCUT2D eigenvalue weighted by molar-refractivity contribution is 9.10. The topological polar surface area (TPSA) is 59.5 Å². The number of carbonyl (C=O) groups excluding carboxylic acids is 2. The summed E-state index contributed by atoms with van der Waals surface area (Å²) in [6, 6.07) is 11.0. The highest BCUT2D eigenvalue weighted by Gasteiger charge is 2.20. The molecule has 9 heteroatoms. The molecule has 3 rings (SSSR count). The van der Waals surface area contributed by atoms with E-state index in [-0.39, 0.29) is 31.9 Å². The maximum Gasteiger partial charge on any atom is 0.306 e. The van der Waals surface area contributed by atoms with Crippen molar-refractivity contribution in [2.24, 2.45) is 0 Å². The van der Waals surface area contributed by atoms with Crippen molar-refractivity contribution in [1.82, 2.24) is 4.98 Å². The molecule has 0 saturated heterocycles. The first-order chi connectivity index (χ1) is 13.9. The summed E-state index contributed by atoms with van der Waals surface area (Å²) in [6.45, 7) is 2.28. The summed E-state index contributed by atoms with van der Waals surface area (Å²) in [4.78, 5) is 30.8. The summed E-state index contributed by atoms with van der Waals surface area (Å²) >= 11 is 17.2. The number of rotatable bonds is 7. The number of anilines is 1. The van der Waals surface area contributed by atoms with E-state index in [0.29, 0.717) is 26.3 Å². The van der Waals surface area contributed by atoms with Crippen LogP contribution in [-0.4, -0.2) is 23.5 Å². The molecule has 0 unspecified atom stereocenters. The molecule has 1 amide bonds. The van der Waals surface area contributed by atoms with E-state index < -0.39 is 5.97 Å². The minimum atomic E-state index is -0.392. The number of ether oxygens (including phenoxy) is 1. The Kier molecular flexibility index (Phi) is 7.51. The molecule has 0 saturated carbocycles. The van der Waals surface area contributed by atoms with Crippen LogP contribution in [0.4, 0.5) is 5.69 Å². The largest absolute Gasteiger partial charge is 0.466 e. The Labute approximate surface area is 190 Å². The van der Waals surface area contributed by atoms with Crippen LogP contribution in [0.1, 0.15) is 24.8 Å². The summed E-state index contributed by atoms with van der Waals surface area (Å²) < 4.78 is 6.66. The highest BCUT2D eigenvalue weighted by Crippen LogP contribution is 2.34. The number of thiazole rings is 1. The standard InChI is InChI=1S/C20H17BrCl2N2O3S/c1-2-28-18(27)9-8-17(26)25(13-5-3-4-12(21)10-13)11-16-24-20-15(29-16)7-6-14(22)19(20)23/h3-7,10H,2,8-9,11H2,1H3. The van der Waals surface area contributed by atoms with Gasteiger partial charge in [-0.1, -0.05) is 45.2 Å². The fraction of sp³-hybridized carbons (Fsp3) is 0.250. The smallest absolute Gasteiger partial charge is 0.306 e. The van der Waals surface area contributed by atoms with Crippen molar-refractivity contribution in [2.75, 3.05) is 11.5 Å². The van der Waals surface area contributed by atoms with Gasteiger partial charge < -0.3 is 9.64 Å². The molecule has 29 heavy (non-hydrogen) atoms. The molecule has 0 bridgehead atoms. The molecule has 0 N–H and O–H groups in total. The van der Waals surface area contributed by atoms with Gasteiger partial charge in [0.2, 0.25) is 5.91 Å². The lowest BCUT2D eigenvalue weighted by molar-refractivity contribution is -0.144. The van der Waals surface area contributed by atoms with Gasteiger partial charge in [0.25, 0.3) is 0 Å². The zero-order chi connectivity index (χ0) is 21.0. The number of hydrogen-bond donors (Lipinski definition) is 0. The summed E-state index contributed by atoms with van der Waals surface area (Å²) in [5.74, 6) is -0.587. The molecule has 0 fully saturated rings. The third-order valence-corrected chi connectivity index (χ3v) is 6.35. The molecule has 0 radical (unpaired) electrons. The van der Waals surface area contributed by atoms with Gasteiger partial charge in [-0.2, -0.15) is 0 Å². The first-order valence-corrected chi connectivity index (χ1v) is 11.2. The van der Waals surface area contributed by atoms with Crippen molar-refractivity contribution >= 4 is 78.2 Å². The molecule has 1 aromatic heterocycles. The third-order valence-electron chi connectivity index (χ3n) is 4.06. The van der Waals surface area contributed by atoms with Gasteiger partial charge in [-0.15, -0.1) is 11.3 Å². The van der Waals surface area contributed by atoms with Crippen LogP contribution in [0.5, 0.6) is 0 Å². The average Bonchev–Trinajstić information content (AvgIpc) is 3.11. The van der Waals surface area contributed by atoms with Crippen molar-refractivity contribution in [2.45, 2.75) is 26.3 Å². The summed E-state index contributed by atoms with van der Waals surface area (Å²) in [6.07, 6.45) is 0.0707. The number of hydrogen-bond acceptors (Lipinski definition) is 5. The van der Waals surface area contributed by atoms with Crippen LogP contribution in [0.2, 0.25) is 10.0 Å². The predicted octanol–water partition coefficient (Wildman–Crippen LogP) is 6.24. The third kappa shape index (κ3) is 5.48. The second-order valence-corrected chi connectivity index (χ2v) is 8.90. The van der Waals surface area contributed by atoms with E-state index in [2.05, 4.69) is 20.9 Å². The van der Waals surface area contributed by atoms with Crippen LogP contribution < -0.4 is 4.90 Å². The number of amides is 1. The fourth-order valence-electron chi connectivity index (χ4n) is 2.73. The van der Waals surface area contributed by atoms with Gasteiger partial charge in [0.05, 0.1) is 34.3 Å². The van der Waals surface area contributed by atoms with E-state index in [1.165, 1.54) is 11.3 Å². The molecule has 0 atom stereocenters. The average molecular weight is 516 g/mol. The van der Waals surface area contributed by atoms with Gasteiger partial charge >= 0.3 is 5.97 Å². The van der Waals surface area contributed by atoms with E-state index in [0.717, 1.165) is 9.17 Å². The SMILES string of the molecule is CCOC(=O)CCC(=O)N(Cc1nc2c(Cl)c(Cl)ccc2s1)c1cccc(Br)c1. The van der Waals surface area contributed by atoms with Crippen LogP contribution in [0.25, 0.3) is 10.2 Å². The van der Waals surface area contributed by atoms with E-state index >= 15 is 0 Å². The van der Waals surface area contributed by atoms with Gasteiger partial charge in [0.15, 0.2) is 0 Å². The summed E-state index contributed by atoms with van der Waals surface area (Å²) in [7, 11) is 0. The van der Waals surface area contributed by atoms with Gasteiger partial charge in [0, 0.05) is 16.6 Å². The Bertz CT molecular complexity index is 1060. The van der Waals surface area contributed by atoms with E-state index in [4.69, 9.17) is 27.9 Å². The van der Waals surface area contributed by atoms with Crippen molar-refractivity contribution in [3.63, 3.8) is 0 Å². The fourth-order valence-corrected chi connectivity index (χ4v) is 4.50. The molecule has 152 valence electrons. The Morgan fingerprint density at radius 3 is 2.72 bits per heavy atom. The molecular weight excluding hydrogens is 499 g/mol. The number of fused-ring (bicyclic) bond motifs is 1. The van der Waals surface area contributed by atoms with Gasteiger partial charge in [0.1, 0.15) is 10.5 Å². The van der Waals surface area contributed by atoms with Crippen molar-refractivity contribution < 1.29 is 14.3 Å². The van der Waals surface area contributed by atoms with Gasteiger partial charge in [-0.05, 0) is 37.3 Å². The number of carbonyl (C=O) groups is 2. The van der Waals surface area contributed by atoms with Gasteiger partial charge in [-0.3, -0.25) is 9.59 Å². The van der Waals surface area contributed by atoms with E-state index in [1.54, 1.807) is 17.9 Å². The minimum Gasteiger partial charge on any atom is -0.466 e. The van der Waals surface area contributed by atoms with E-state index in [1.807, 2.05) is 30.3 Å². The number of esters is 1. The normalized spacial score (nSPS) is 10.9. The lowest BCUT2D eigenvalue weighted by atomic mass is 10.2. The van der Waals surface area contributed by atoms with Crippen molar-refractivity contribution in [3.05, 3.63) is 55.9 Å². The maximum absolute atomic E-state index is 12.9. The quantitative estimate of drug-likeness (QED) is 0.349. The summed E-state index contributed by atoms with van der Waals surface area (Å²) in [5, 5.41) is 1.55. The molecule has 0 spiro atoms. The van der Waals surface area contributed by atoms with E-state index in [9.17, 15) is 9.59 Å². The monoisotopic (exact) mass is 514 g/mol. The molecule has 0 aliphatic heterocycles. The second kappa shape index (κ2) is 9.89. The van der Waals surface area contributed by atoms with Crippen LogP contribution in [0.15, 0.2) is 40.9 Å². The lowest BCUT2D eigenvalue weighted by Crippen LogP contribution is -2.30. The molecular formula is C20H17BrCl2N2O3S. The van der Waals surface area contributed by atoms with Gasteiger partial charge in [-0.25, -0.2) is 4.98 Å². The molecule has 0 aliphatic rings. The number of nitrogens with zero attached hydrogens (tertiary/aromatic N) is 2. The van der Waals surface area contributed by atoms with Crippen molar-refractivity contribution in [3.8, 4) is 0 Å². The van der Waals surface area contributed by atoms with Crippen LogP contribution >= 0.6 is 50.5 Å². The number of benzene rings is 2. The minimum absolute atomic E-state index is 0.0262. The first kappa shape index (κ1) is 22.0. The lowest BCUT2D eigenvalue weighted by Gasteiger charge is -2.22. The number of aromatic nitrogens is 1. The molecule has 1 heterocycles. The molecule has 3 aromatic rings. The number of halogens is 3. The molecule has 0 aliphatic carbocycles. The summed E-state index contributed by atoms with van der Waals surface area (Å²) in [5.41, 5.74) is 1.32. The first-order valence-electron chi connectivity index (χ1n) is 8.84. The highest BCUT2D eigenvalue weighted by atomic mass is 79.9. The zero-order valence-electron chi connectivity index (χ0n) is 15.5. The predicted molar refractivity (Wildman–Crippen MR) is 121 cm³/mol. The second-order valence-electron chi connectivity index (χ2n) is 6.08. The Morgan fingerprint density at radius 2 is 2.00 bits per heavy atom. The maximum atomic E-state index is 12.9. The zero-order valence-corrected chi connectivity index (χ0v) is 19.4. The van der Waals surface area contributed by atoms with Crippen LogP contribution in [-0.2, 0) is 20.9 Å². The Balaban J connectivity index is 1.88.